The summed E-state index contributed by atoms with van der Waals surface area (Å²) in [6.07, 6.45) is 0. The van der Waals surface area contributed by atoms with Gasteiger partial charge in [-0.15, -0.1) is 0 Å². The number of phenols is 2. The second kappa shape index (κ2) is 4.69. The van der Waals surface area contributed by atoms with Gasteiger partial charge in [0.25, 0.3) is 0 Å². The fourth-order valence-corrected chi connectivity index (χ4v) is 0.932. The molecule has 1 aromatic rings. The molecule has 0 aromatic heterocycles. The lowest BCUT2D eigenvalue weighted by Gasteiger charge is -2.03. The summed E-state index contributed by atoms with van der Waals surface area (Å²) in [6.45, 7) is 1.36. The number of hydrogen-bond acceptors (Lipinski definition) is 4. The lowest BCUT2D eigenvalue weighted by Crippen LogP contribution is -2.07. The summed E-state index contributed by atoms with van der Waals surface area (Å²) in [7, 11) is 0. The van der Waals surface area contributed by atoms with Crippen LogP contribution in [-0.4, -0.2) is 23.4 Å². The van der Waals surface area contributed by atoms with E-state index in [1.165, 1.54) is 12.1 Å². The molecule has 0 aliphatic rings. The molecule has 1 aromatic carbocycles. The molecule has 0 spiro atoms. The van der Waals surface area contributed by atoms with Crippen LogP contribution in [0.5, 0.6) is 11.5 Å². The predicted molar refractivity (Wildman–Crippen MR) is 48.5 cm³/mol. The van der Waals surface area contributed by atoms with Gasteiger partial charge in [0.15, 0.2) is 11.5 Å². The Kier molecular flexibility index (Phi) is 3.54. The molecule has 0 atom stereocenters. The third-order valence-electron chi connectivity index (χ3n) is 1.57. The molecule has 4 N–H and O–H groups in total. The van der Waals surface area contributed by atoms with E-state index in [0.29, 0.717) is 19.8 Å². The standard InChI is InChI=1S/C9H13NO3/c10-3-4-13-6-7-1-2-8(11)9(12)5-7/h1-2,5,11-12H,3-4,6,10H2. The van der Waals surface area contributed by atoms with Crippen LogP contribution in [0.1, 0.15) is 5.56 Å². The minimum absolute atomic E-state index is 0.123. The number of aromatic hydroxyl groups is 2. The van der Waals surface area contributed by atoms with Crippen LogP contribution in [0.25, 0.3) is 0 Å². The van der Waals surface area contributed by atoms with E-state index in [0.717, 1.165) is 5.56 Å². The molecule has 4 nitrogen and oxygen atoms in total. The van der Waals surface area contributed by atoms with Gasteiger partial charge in [0.05, 0.1) is 13.2 Å². The normalized spacial score (nSPS) is 10.2. The zero-order valence-electron chi connectivity index (χ0n) is 7.23. The molecule has 13 heavy (non-hydrogen) atoms. The number of rotatable bonds is 4. The third-order valence-corrected chi connectivity index (χ3v) is 1.57. The van der Waals surface area contributed by atoms with Crippen molar-refractivity contribution in [3.8, 4) is 11.5 Å². The molecule has 0 aliphatic carbocycles. The minimum atomic E-state index is -0.131. The van der Waals surface area contributed by atoms with Gasteiger partial charge in [-0.1, -0.05) is 6.07 Å². The molecule has 0 radical (unpaired) electrons. The first-order valence-electron chi connectivity index (χ1n) is 4.02. The van der Waals surface area contributed by atoms with Crippen LogP contribution in [0.2, 0.25) is 0 Å². The quantitative estimate of drug-likeness (QED) is 0.471. The molecule has 0 bridgehead atoms. The zero-order valence-corrected chi connectivity index (χ0v) is 7.23. The molecule has 1 rings (SSSR count). The second-order valence-electron chi connectivity index (χ2n) is 2.66. The summed E-state index contributed by atoms with van der Waals surface area (Å²) in [5.41, 5.74) is 6.04. The van der Waals surface area contributed by atoms with Crippen molar-refractivity contribution in [1.29, 1.82) is 0 Å². The Bertz CT molecular complexity index is 276. The van der Waals surface area contributed by atoms with E-state index in [4.69, 9.17) is 20.7 Å². The van der Waals surface area contributed by atoms with Crippen LogP contribution >= 0.6 is 0 Å². The van der Waals surface area contributed by atoms with Crippen molar-refractivity contribution in [2.75, 3.05) is 13.2 Å². The largest absolute Gasteiger partial charge is 0.504 e. The average molecular weight is 183 g/mol. The smallest absolute Gasteiger partial charge is 0.157 e. The second-order valence-corrected chi connectivity index (χ2v) is 2.66. The molecule has 0 heterocycles. The van der Waals surface area contributed by atoms with Crippen LogP contribution in [0.15, 0.2) is 18.2 Å². The number of hydrogen-bond donors (Lipinski definition) is 3. The molecule has 72 valence electrons. The first-order chi connectivity index (χ1) is 6.24. The van der Waals surface area contributed by atoms with E-state index in [2.05, 4.69) is 0 Å². The van der Waals surface area contributed by atoms with Crippen LogP contribution < -0.4 is 5.73 Å². The van der Waals surface area contributed by atoms with E-state index in [1.54, 1.807) is 6.07 Å². The SMILES string of the molecule is NCCOCc1ccc(O)c(O)c1. The van der Waals surface area contributed by atoms with Gasteiger partial charge in [-0.05, 0) is 17.7 Å². The summed E-state index contributed by atoms with van der Waals surface area (Å²) in [4.78, 5) is 0. The summed E-state index contributed by atoms with van der Waals surface area (Å²) in [6, 6.07) is 4.58. The van der Waals surface area contributed by atoms with Gasteiger partial charge in [0.2, 0.25) is 0 Å². The van der Waals surface area contributed by atoms with Crippen LogP contribution in [0, 0.1) is 0 Å². The van der Waals surface area contributed by atoms with Gasteiger partial charge < -0.3 is 20.7 Å². The van der Waals surface area contributed by atoms with E-state index >= 15 is 0 Å². The maximum Gasteiger partial charge on any atom is 0.157 e. The Labute approximate surface area is 76.6 Å². The molecule has 0 amide bonds. The minimum Gasteiger partial charge on any atom is -0.504 e. The van der Waals surface area contributed by atoms with Crippen molar-refractivity contribution in [2.45, 2.75) is 6.61 Å². The highest BCUT2D eigenvalue weighted by Crippen LogP contribution is 2.24. The lowest BCUT2D eigenvalue weighted by molar-refractivity contribution is 0.128. The molecule has 0 fully saturated rings. The zero-order chi connectivity index (χ0) is 9.68. The molecule has 0 aliphatic heterocycles. The summed E-state index contributed by atoms with van der Waals surface area (Å²) in [5.74, 6) is -0.253. The molecule has 4 heteroatoms. The fraction of sp³-hybridized carbons (Fsp3) is 0.333. The maximum absolute atomic E-state index is 9.13. The van der Waals surface area contributed by atoms with Gasteiger partial charge in [0, 0.05) is 6.54 Å². The predicted octanol–water partition coefficient (Wildman–Crippen LogP) is 0.573. The first kappa shape index (κ1) is 9.83. The van der Waals surface area contributed by atoms with Crippen molar-refractivity contribution in [3.05, 3.63) is 23.8 Å². The van der Waals surface area contributed by atoms with Gasteiger partial charge in [-0.25, -0.2) is 0 Å². The first-order valence-corrected chi connectivity index (χ1v) is 4.02. The molecule has 0 unspecified atom stereocenters. The van der Waals surface area contributed by atoms with E-state index in [-0.39, 0.29) is 11.5 Å². The summed E-state index contributed by atoms with van der Waals surface area (Å²) < 4.78 is 5.15. The van der Waals surface area contributed by atoms with Gasteiger partial charge in [-0.2, -0.15) is 0 Å². The maximum atomic E-state index is 9.13. The van der Waals surface area contributed by atoms with Gasteiger partial charge >= 0.3 is 0 Å². The van der Waals surface area contributed by atoms with E-state index in [9.17, 15) is 0 Å². The number of ether oxygens (including phenoxy) is 1. The van der Waals surface area contributed by atoms with Gasteiger partial charge in [-0.3, -0.25) is 0 Å². The lowest BCUT2D eigenvalue weighted by atomic mass is 10.2. The highest BCUT2D eigenvalue weighted by molar-refractivity contribution is 5.40. The monoisotopic (exact) mass is 183 g/mol. The molecule has 0 saturated heterocycles. The molecular weight excluding hydrogens is 170 g/mol. The van der Waals surface area contributed by atoms with Crippen molar-refractivity contribution < 1.29 is 14.9 Å². The number of nitrogens with two attached hydrogens (primary N) is 1. The highest BCUT2D eigenvalue weighted by atomic mass is 16.5. The summed E-state index contributed by atoms with van der Waals surface area (Å²) >= 11 is 0. The Morgan fingerprint density at radius 2 is 2.00 bits per heavy atom. The van der Waals surface area contributed by atoms with E-state index < -0.39 is 0 Å². The topological polar surface area (TPSA) is 75.7 Å². The number of benzene rings is 1. The van der Waals surface area contributed by atoms with Crippen molar-refractivity contribution in [2.24, 2.45) is 5.73 Å². The highest BCUT2D eigenvalue weighted by Gasteiger charge is 1.99. The van der Waals surface area contributed by atoms with Crippen LogP contribution in [0.4, 0.5) is 0 Å². The van der Waals surface area contributed by atoms with Crippen molar-refractivity contribution in [1.82, 2.24) is 0 Å². The summed E-state index contributed by atoms with van der Waals surface area (Å²) in [5, 5.41) is 18.1. The molecule has 0 saturated carbocycles. The Morgan fingerprint density at radius 3 is 2.62 bits per heavy atom. The fourth-order valence-electron chi connectivity index (χ4n) is 0.932. The number of phenolic OH excluding ortho intramolecular Hbond substituents is 2. The Balaban J connectivity index is 2.53. The van der Waals surface area contributed by atoms with Gasteiger partial charge in [0.1, 0.15) is 0 Å². The Morgan fingerprint density at radius 1 is 1.23 bits per heavy atom. The van der Waals surface area contributed by atoms with Crippen LogP contribution in [0.3, 0.4) is 0 Å². The third kappa shape index (κ3) is 2.93. The molecular formula is C9H13NO3. The van der Waals surface area contributed by atoms with Crippen molar-refractivity contribution in [3.63, 3.8) is 0 Å². The van der Waals surface area contributed by atoms with Crippen molar-refractivity contribution >= 4 is 0 Å². The van der Waals surface area contributed by atoms with E-state index in [1.807, 2.05) is 0 Å². The Hall–Kier alpha value is -1.26. The average Bonchev–Trinajstić information content (AvgIpc) is 2.12. The van der Waals surface area contributed by atoms with Crippen LogP contribution in [-0.2, 0) is 11.3 Å².